The SMILES string of the molecule is NN(F)C(=O)N(N)F. The van der Waals surface area contributed by atoms with Gasteiger partial charge in [-0.1, -0.05) is 19.4 Å². The van der Waals surface area contributed by atoms with E-state index in [1.54, 1.807) is 0 Å². The fraction of sp³-hybridized carbons (Fsp3) is 0. The molecular formula is CH4F2N4O. The first-order chi connectivity index (χ1) is 3.55. The highest BCUT2D eigenvalue weighted by Crippen LogP contribution is 1.86. The molecule has 0 aliphatic heterocycles. The van der Waals surface area contributed by atoms with Gasteiger partial charge in [0.15, 0.2) is 0 Å². The lowest BCUT2D eigenvalue weighted by molar-refractivity contribution is -0.0160. The maximum atomic E-state index is 11.2. The van der Waals surface area contributed by atoms with Crippen LogP contribution < -0.4 is 11.7 Å². The van der Waals surface area contributed by atoms with Crippen molar-refractivity contribution in [1.82, 2.24) is 10.5 Å². The van der Waals surface area contributed by atoms with Crippen molar-refractivity contribution in [2.75, 3.05) is 0 Å². The van der Waals surface area contributed by atoms with Crippen LogP contribution in [0.5, 0.6) is 0 Å². The normalized spacial score (nSPS) is 8.50. The number of carbonyl (C=O) groups excluding carboxylic acids is 1. The number of carbonyl (C=O) groups is 1. The van der Waals surface area contributed by atoms with Gasteiger partial charge in [-0.25, -0.2) is 16.5 Å². The van der Waals surface area contributed by atoms with Crippen molar-refractivity contribution in [3.05, 3.63) is 0 Å². The smallest absolute Gasteiger partial charge is 0.240 e. The number of hydrogen-bond donors (Lipinski definition) is 2. The van der Waals surface area contributed by atoms with E-state index in [-0.39, 0.29) is 0 Å². The van der Waals surface area contributed by atoms with Crippen molar-refractivity contribution in [3.63, 3.8) is 0 Å². The summed E-state index contributed by atoms with van der Waals surface area (Å²) in [4.78, 5) is 9.69. The van der Waals surface area contributed by atoms with Gasteiger partial charge in [-0.15, -0.1) is 0 Å². The molecule has 0 aliphatic carbocycles. The number of hydrogen-bond acceptors (Lipinski definition) is 3. The van der Waals surface area contributed by atoms with E-state index in [2.05, 4.69) is 11.7 Å². The Morgan fingerprint density at radius 1 is 1.25 bits per heavy atom. The quantitative estimate of drug-likeness (QED) is 0.193. The fourth-order valence-corrected chi connectivity index (χ4v) is 0.0913. The molecule has 0 aromatic rings. The molecule has 0 heterocycles. The summed E-state index contributed by atoms with van der Waals surface area (Å²) < 4.78 is 22.5. The second-order valence-corrected chi connectivity index (χ2v) is 0.905. The highest BCUT2D eigenvalue weighted by molar-refractivity contribution is 5.70. The Kier molecular flexibility index (Phi) is 2.10. The van der Waals surface area contributed by atoms with E-state index >= 15 is 0 Å². The first-order valence-electron chi connectivity index (χ1n) is 1.51. The molecule has 0 radical (unpaired) electrons. The third-order valence-electron chi connectivity index (χ3n) is 0.365. The summed E-state index contributed by atoms with van der Waals surface area (Å²) in [5.41, 5.74) is 0. The molecule has 0 bridgehead atoms. The predicted molar refractivity (Wildman–Crippen MR) is 19.7 cm³/mol. The lowest BCUT2D eigenvalue weighted by Gasteiger charge is -2.05. The zero-order valence-corrected chi connectivity index (χ0v) is 3.71. The minimum Gasteiger partial charge on any atom is -0.240 e. The predicted octanol–water partition coefficient (Wildman–Crippen LogP) is -0.773. The van der Waals surface area contributed by atoms with Gasteiger partial charge in [0.1, 0.15) is 0 Å². The highest BCUT2D eigenvalue weighted by atomic mass is 19.2. The van der Waals surface area contributed by atoms with E-state index in [9.17, 15) is 13.8 Å². The second-order valence-electron chi connectivity index (χ2n) is 0.905. The van der Waals surface area contributed by atoms with Gasteiger partial charge in [0, 0.05) is 0 Å². The topological polar surface area (TPSA) is 75.6 Å². The van der Waals surface area contributed by atoms with Crippen LogP contribution in [0.25, 0.3) is 0 Å². The largest absolute Gasteiger partial charge is 0.406 e. The van der Waals surface area contributed by atoms with Crippen molar-refractivity contribution >= 4 is 6.03 Å². The maximum Gasteiger partial charge on any atom is 0.406 e. The molecule has 2 amide bonds. The van der Waals surface area contributed by atoms with Crippen molar-refractivity contribution in [3.8, 4) is 0 Å². The number of halogens is 2. The Balaban J connectivity index is 3.65. The molecule has 0 unspecified atom stereocenters. The van der Waals surface area contributed by atoms with Crippen LogP contribution >= 0.6 is 0 Å². The molecule has 0 atom stereocenters. The maximum absolute atomic E-state index is 11.2. The zero-order chi connectivity index (χ0) is 6.73. The first-order valence-corrected chi connectivity index (χ1v) is 1.51. The summed E-state index contributed by atoms with van der Waals surface area (Å²) in [6, 6.07) is -1.76. The minimum atomic E-state index is -1.76. The molecular weight excluding hydrogens is 122 g/mol. The number of hydrazine groups is 2. The highest BCUT2D eigenvalue weighted by Gasteiger charge is 2.13. The Labute approximate surface area is 43.2 Å². The minimum absolute atomic E-state index is 0.972. The number of amides is 2. The molecule has 5 nitrogen and oxygen atoms in total. The van der Waals surface area contributed by atoms with Crippen LogP contribution in [0.15, 0.2) is 0 Å². The van der Waals surface area contributed by atoms with Gasteiger partial charge >= 0.3 is 6.03 Å². The van der Waals surface area contributed by atoms with Gasteiger partial charge in [0.05, 0.1) is 0 Å². The van der Waals surface area contributed by atoms with Crippen LogP contribution in [-0.4, -0.2) is 16.5 Å². The molecule has 0 rings (SSSR count). The Morgan fingerprint density at radius 3 is 1.50 bits per heavy atom. The third-order valence-corrected chi connectivity index (χ3v) is 0.365. The Morgan fingerprint density at radius 2 is 1.50 bits per heavy atom. The molecule has 0 aromatic heterocycles. The van der Waals surface area contributed by atoms with E-state index in [4.69, 9.17) is 0 Å². The van der Waals surface area contributed by atoms with Crippen LogP contribution in [0.2, 0.25) is 0 Å². The number of nitrogens with two attached hydrogens (primary N) is 2. The standard InChI is InChI=1S/CH4F2N4O/c2-6(4)1(8)7(3)5/h4-5H2. The van der Waals surface area contributed by atoms with Gasteiger partial charge in [-0.05, 0) is 0 Å². The third kappa shape index (κ3) is 1.67. The summed E-state index contributed by atoms with van der Waals surface area (Å²) >= 11 is 0. The van der Waals surface area contributed by atoms with Crippen LogP contribution in [-0.2, 0) is 0 Å². The summed E-state index contributed by atoms with van der Waals surface area (Å²) in [5.74, 6) is 8.18. The lowest BCUT2D eigenvalue weighted by atomic mass is 11.1. The molecule has 8 heavy (non-hydrogen) atoms. The van der Waals surface area contributed by atoms with E-state index in [1.807, 2.05) is 0 Å². The van der Waals surface area contributed by atoms with Crippen LogP contribution in [0.3, 0.4) is 0 Å². The molecule has 0 fully saturated rings. The van der Waals surface area contributed by atoms with Crippen LogP contribution in [0.4, 0.5) is 13.8 Å². The zero-order valence-electron chi connectivity index (χ0n) is 3.71. The lowest BCUT2D eigenvalue weighted by Crippen LogP contribution is -2.41. The summed E-state index contributed by atoms with van der Waals surface area (Å²) in [7, 11) is 0. The second kappa shape index (κ2) is 2.38. The van der Waals surface area contributed by atoms with Crippen molar-refractivity contribution < 1.29 is 13.8 Å². The monoisotopic (exact) mass is 126 g/mol. The Bertz CT molecular complexity index is 82.0. The summed E-state index contributed by atoms with van der Waals surface area (Å²) in [6.07, 6.45) is 0. The molecule has 7 heteroatoms. The van der Waals surface area contributed by atoms with Crippen molar-refractivity contribution in [1.29, 1.82) is 0 Å². The molecule has 0 aliphatic rings. The van der Waals surface area contributed by atoms with Crippen molar-refractivity contribution in [2.24, 2.45) is 11.7 Å². The first kappa shape index (κ1) is 7.05. The van der Waals surface area contributed by atoms with Gasteiger partial charge in [-0.3, -0.25) is 0 Å². The van der Waals surface area contributed by atoms with Gasteiger partial charge in [0.2, 0.25) is 0 Å². The van der Waals surface area contributed by atoms with Gasteiger partial charge in [-0.2, -0.15) is 0 Å². The number of urea groups is 1. The van der Waals surface area contributed by atoms with E-state index < -0.39 is 16.5 Å². The summed E-state index contributed by atoms with van der Waals surface area (Å²) in [5, 5.41) is -1.94. The fourth-order valence-electron chi connectivity index (χ4n) is 0.0913. The number of rotatable bonds is 0. The molecule has 4 N–H and O–H groups in total. The number of nitrogens with zero attached hydrogens (tertiary/aromatic N) is 2. The molecule has 0 saturated carbocycles. The molecule has 0 spiro atoms. The average molecular weight is 126 g/mol. The van der Waals surface area contributed by atoms with Gasteiger partial charge < -0.3 is 0 Å². The van der Waals surface area contributed by atoms with Crippen molar-refractivity contribution in [2.45, 2.75) is 0 Å². The molecule has 0 saturated heterocycles. The van der Waals surface area contributed by atoms with E-state index in [0.717, 1.165) is 0 Å². The van der Waals surface area contributed by atoms with Crippen LogP contribution in [0, 0.1) is 0 Å². The average Bonchev–Trinajstić information content (AvgIpc) is 1.64. The molecule has 48 valence electrons. The van der Waals surface area contributed by atoms with E-state index in [1.165, 1.54) is 0 Å². The van der Waals surface area contributed by atoms with Crippen LogP contribution in [0.1, 0.15) is 0 Å². The molecule has 0 aromatic carbocycles. The Hall–Kier alpha value is -0.950. The summed E-state index contributed by atoms with van der Waals surface area (Å²) in [6.45, 7) is 0. The van der Waals surface area contributed by atoms with Gasteiger partial charge in [0.25, 0.3) is 0 Å². The van der Waals surface area contributed by atoms with E-state index in [0.29, 0.717) is 0 Å².